The molecular weight excluding hydrogens is 376 g/mol. The highest BCUT2D eigenvalue weighted by Gasteiger charge is 2.44. The van der Waals surface area contributed by atoms with Gasteiger partial charge in [-0.3, -0.25) is 4.79 Å². The summed E-state index contributed by atoms with van der Waals surface area (Å²) in [5, 5.41) is 9.52. The van der Waals surface area contributed by atoms with E-state index in [1.54, 1.807) is 0 Å². The van der Waals surface area contributed by atoms with Crippen LogP contribution in [0, 0.1) is 5.92 Å². The van der Waals surface area contributed by atoms with Crippen LogP contribution in [0.25, 0.3) is 0 Å². The number of hydrogen-bond donors (Lipinski definition) is 1. The Labute approximate surface area is 170 Å². The number of fused-ring (bicyclic) bond motifs is 1. The van der Waals surface area contributed by atoms with Crippen molar-refractivity contribution in [3.63, 3.8) is 0 Å². The fourth-order valence-corrected chi connectivity index (χ4v) is 3.42. The molecule has 7 nitrogen and oxygen atoms in total. The van der Waals surface area contributed by atoms with Crippen LogP contribution in [0.15, 0.2) is 47.1 Å². The van der Waals surface area contributed by atoms with Gasteiger partial charge in [0.25, 0.3) is 0 Å². The molecule has 0 aromatic heterocycles. The molecule has 3 atom stereocenters. The summed E-state index contributed by atoms with van der Waals surface area (Å²) in [6.45, 7) is 8.31. The Kier molecular flexibility index (Phi) is 7.96. The summed E-state index contributed by atoms with van der Waals surface area (Å²) in [4.78, 5) is 35.7. The Bertz CT molecular complexity index is 772. The normalized spacial score (nSPS) is 29.0. The summed E-state index contributed by atoms with van der Waals surface area (Å²) >= 11 is 0. The van der Waals surface area contributed by atoms with E-state index in [2.05, 4.69) is 12.7 Å². The van der Waals surface area contributed by atoms with Crippen LogP contribution >= 0.6 is 0 Å². The van der Waals surface area contributed by atoms with Crippen LogP contribution in [0.2, 0.25) is 0 Å². The van der Waals surface area contributed by atoms with E-state index in [4.69, 9.17) is 14.2 Å². The highest BCUT2D eigenvalue weighted by Crippen LogP contribution is 2.36. The molecule has 0 spiro atoms. The Morgan fingerprint density at radius 2 is 2.07 bits per heavy atom. The minimum absolute atomic E-state index is 0.0240. The number of rotatable bonds is 5. The van der Waals surface area contributed by atoms with Gasteiger partial charge in [-0.05, 0) is 38.8 Å². The summed E-state index contributed by atoms with van der Waals surface area (Å²) in [5.41, 5.74) is 2.34. The molecule has 0 radical (unpaired) electrons. The number of hydrogen-bond acceptors (Lipinski definition) is 7. The summed E-state index contributed by atoms with van der Waals surface area (Å²) < 4.78 is 15.9. The first-order valence-electron chi connectivity index (χ1n) is 9.59. The van der Waals surface area contributed by atoms with E-state index in [0.29, 0.717) is 6.42 Å². The molecule has 0 aromatic rings. The van der Waals surface area contributed by atoms with Crippen LogP contribution in [-0.2, 0) is 28.6 Å². The fourth-order valence-electron chi connectivity index (χ4n) is 3.42. The molecule has 1 aliphatic heterocycles. The molecule has 29 heavy (non-hydrogen) atoms. The molecule has 158 valence electrons. The van der Waals surface area contributed by atoms with Crippen molar-refractivity contribution in [2.45, 2.75) is 52.2 Å². The van der Waals surface area contributed by atoms with E-state index < -0.39 is 42.6 Å². The number of esters is 3. The van der Waals surface area contributed by atoms with Crippen molar-refractivity contribution in [2.75, 3.05) is 13.2 Å². The molecule has 1 heterocycles. The molecule has 2 rings (SSSR count). The first kappa shape index (κ1) is 22.6. The summed E-state index contributed by atoms with van der Waals surface area (Å²) in [5.74, 6) is -2.25. The zero-order valence-corrected chi connectivity index (χ0v) is 17.1. The maximum absolute atomic E-state index is 12.6. The Morgan fingerprint density at radius 1 is 1.34 bits per heavy atom. The molecule has 0 unspecified atom stereocenters. The smallest absolute Gasteiger partial charge is 0.336 e. The van der Waals surface area contributed by atoms with Gasteiger partial charge in [0, 0.05) is 18.9 Å². The van der Waals surface area contributed by atoms with Crippen LogP contribution in [0.5, 0.6) is 0 Å². The lowest BCUT2D eigenvalue weighted by Gasteiger charge is -2.27. The molecule has 1 N–H and O–H groups in total. The molecule has 0 saturated carbocycles. The number of carbonyl (C=O) groups excluding carboxylic acids is 3. The molecule has 1 aliphatic carbocycles. The molecule has 7 heteroatoms. The topological polar surface area (TPSA) is 99.1 Å². The average Bonchev–Trinajstić information content (AvgIpc) is 2.91. The third kappa shape index (κ3) is 6.15. The third-order valence-electron chi connectivity index (χ3n) is 4.97. The van der Waals surface area contributed by atoms with Crippen molar-refractivity contribution < 1.29 is 33.7 Å². The van der Waals surface area contributed by atoms with Gasteiger partial charge in [0.15, 0.2) is 0 Å². The molecule has 1 fully saturated rings. The monoisotopic (exact) mass is 404 g/mol. The van der Waals surface area contributed by atoms with Gasteiger partial charge >= 0.3 is 17.9 Å². The first-order valence-corrected chi connectivity index (χ1v) is 9.59. The largest absolute Gasteiger partial charge is 0.462 e. The Balaban J connectivity index is 2.29. The summed E-state index contributed by atoms with van der Waals surface area (Å²) in [6.07, 6.45) is 6.14. The van der Waals surface area contributed by atoms with Crippen molar-refractivity contribution >= 4 is 17.9 Å². The lowest BCUT2D eigenvalue weighted by atomic mass is 9.85. The number of allylic oxidation sites excluding steroid dienone is 2. The van der Waals surface area contributed by atoms with Crippen LogP contribution in [-0.4, -0.2) is 48.4 Å². The number of carbonyl (C=O) groups is 3. The Morgan fingerprint density at radius 3 is 2.72 bits per heavy atom. The van der Waals surface area contributed by atoms with Crippen LogP contribution in [0.3, 0.4) is 0 Å². The van der Waals surface area contributed by atoms with Crippen molar-refractivity contribution in [1.82, 2.24) is 0 Å². The molecule has 2 aliphatic rings. The van der Waals surface area contributed by atoms with Gasteiger partial charge in [-0.2, -0.15) is 0 Å². The quantitative estimate of drug-likeness (QED) is 0.325. The van der Waals surface area contributed by atoms with Crippen LogP contribution in [0.1, 0.15) is 40.0 Å². The summed E-state index contributed by atoms with van der Waals surface area (Å²) in [7, 11) is 0. The second-order valence-corrected chi connectivity index (χ2v) is 7.36. The van der Waals surface area contributed by atoms with Gasteiger partial charge in [0.05, 0.1) is 18.1 Å². The van der Waals surface area contributed by atoms with Crippen molar-refractivity contribution in [1.29, 1.82) is 0 Å². The molecular formula is C22H28O7. The number of ether oxygens (including phenoxy) is 3. The molecule has 1 saturated heterocycles. The summed E-state index contributed by atoms with van der Waals surface area (Å²) in [6, 6.07) is 0. The predicted molar refractivity (Wildman–Crippen MR) is 106 cm³/mol. The van der Waals surface area contributed by atoms with E-state index in [1.807, 2.05) is 19.9 Å². The Hall–Kier alpha value is -2.67. The van der Waals surface area contributed by atoms with E-state index >= 15 is 0 Å². The van der Waals surface area contributed by atoms with Gasteiger partial charge in [-0.15, -0.1) is 0 Å². The zero-order valence-electron chi connectivity index (χ0n) is 17.1. The maximum atomic E-state index is 12.6. The maximum Gasteiger partial charge on any atom is 0.336 e. The molecule has 0 aromatic carbocycles. The lowest BCUT2D eigenvalue weighted by molar-refractivity contribution is -0.148. The number of aliphatic hydroxyl groups is 1. The van der Waals surface area contributed by atoms with Crippen molar-refractivity contribution in [3.8, 4) is 0 Å². The van der Waals surface area contributed by atoms with Gasteiger partial charge in [-0.25, -0.2) is 9.59 Å². The molecule has 0 amide bonds. The van der Waals surface area contributed by atoms with E-state index in [9.17, 15) is 19.5 Å². The second-order valence-electron chi connectivity index (χ2n) is 7.36. The van der Waals surface area contributed by atoms with E-state index in [0.717, 1.165) is 24.0 Å². The average molecular weight is 404 g/mol. The zero-order chi connectivity index (χ0) is 21.6. The van der Waals surface area contributed by atoms with Crippen LogP contribution in [0.4, 0.5) is 0 Å². The minimum Gasteiger partial charge on any atom is -0.462 e. The predicted octanol–water partition coefficient (Wildman–Crippen LogP) is 2.55. The van der Waals surface area contributed by atoms with Crippen LogP contribution < -0.4 is 0 Å². The standard InChI is InChI=1S/C22H28O7/c1-13-6-5-7-14(2)11-19(20-15(3)21(25)28-18(20)10-13)29-22(26)17(12-23)8-9-27-16(4)24/h7-8,10,18-20,23H,3,5-6,9,11-12H2,1-2,4H3/b13-10-,14-7-,17-8+/t18-,19-,20+/m1/s1. The number of aliphatic hydroxyl groups excluding tert-OH is 1. The van der Waals surface area contributed by atoms with Crippen molar-refractivity contribution in [3.05, 3.63) is 47.1 Å². The highest BCUT2D eigenvalue weighted by atomic mass is 16.6. The molecule has 0 bridgehead atoms. The van der Waals surface area contributed by atoms with E-state index in [1.165, 1.54) is 13.0 Å². The lowest BCUT2D eigenvalue weighted by Crippen LogP contribution is -2.34. The first-order chi connectivity index (χ1) is 13.7. The van der Waals surface area contributed by atoms with E-state index in [-0.39, 0.29) is 17.8 Å². The SMILES string of the molecule is C=C1C(=O)O[C@@H]2/C=C(/C)CC/C=C(/C)C[C@@H](OC(=O)/C(=C/COC(C)=O)CO)[C@@H]12. The van der Waals surface area contributed by atoms with Crippen molar-refractivity contribution in [2.24, 2.45) is 5.92 Å². The van der Waals surface area contributed by atoms with Gasteiger partial charge in [-0.1, -0.05) is 23.8 Å². The van der Waals surface area contributed by atoms with Gasteiger partial charge in [0.2, 0.25) is 0 Å². The van der Waals surface area contributed by atoms with Gasteiger partial charge < -0.3 is 19.3 Å². The third-order valence-corrected chi connectivity index (χ3v) is 4.97. The minimum atomic E-state index is -0.735. The fraction of sp³-hybridized carbons (Fsp3) is 0.500. The second kappa shape index (κ2) is 10.2. The highest BCUT2D eigenvalue weighted by molar-refractivity contribution is 5.92. The van der Waals surface area contributed by atoms with Gasteiger partial charge in [0.1, 0.15) is 18.8 Å².